The number of nitrogens with one attached hydrogen (secondary N) is 1. The minimum Gasteiger partial charge on any atom is -0.464 e. The number of amides is 1. The van der Waals surface area contributed by atoms with E-state index < -0.39 is 36.2 Å². The van der Waals surface area contributed by atoms with E-state index >= 15 is 0 Å². The second kappa shape index (κ2) is 6.64. The van der Waals surface area contributed by atoms with Crippen molar-refractivity contribution in [1.29, 1.82) is 0 Å². The number of hydrogen-bond acceptors (Lipinski definition) is 7. The first-order chi connectivity index (χ1) is 11.5. The summed E-state index contributed by atoms with van der Waals surface area (Å²) >= 11 is 0. The predicted molar refractivity (Wildman–Crippen MR) is 93.6 cm³/mol. The maximum atomic E-state index is 11.8. The van der Waals surface area contributed by atoms with Crippen LogP contribution in [0.5, 0.6) is 0 Å². The molecule has 9 heteroatoms. The lowest BCUT2D eigenvalue weighted by Gasteiger charge is -2.32. The largest absolute Gasteiger partial charge is 0.498 e. The second-order valence-electron chi connectivity index (χ2n) is 6.98. The first-order valence-corrected chi connectivity index (χ1v) is 7.99. The summed E-state index contributed by atoms with van der Waals surface area (Å²) in [7, 11) is 0.567. The smallest absolute Gasteiger partial charge is 0.464 e. The van der Waals surface area contributed by atoms with E-state index in [1.54, 1.807) is 13.0 Å². The first-order valence-electron chi connectivity index (χ1n) is 7.99. The Hall–Kier alpha value is -2.13. The third kappa shape index (κ3) is 3.77. The van der Waals surface area contributed by atoms with Crippen LogP contribution >= 0.6 is 0 Å². The van der Waals surface area contributed by atoms with Crippen molar-refractivity contribution in [2.24, 2.45) is 5.73 Å². The van der Waals surface area contributed by atoms with Crippen molar-refractivity contribution in [3.63, 3.8) is 0 Å². The molecule has 1 aliphatic rings. The van der Waals surface area contributed by atoms with Gasteiger partial charge in [-0.1, -0.05) is 6.07 Å². The molecule has 0 aromatic carbocycles. The molecule has 1 aromatic rings. The van der Waals surface area contributed by atoms with Gasteiger partial charge in [-0.15, -0.1) is 0 Å². The zero-order chi connectivity index (χ0) is 19.0. The Morgan fingerprint density at radius 2 is 1.80 bits per heavy atom. The van der Waals surface area contributed by atoms with Gasteiger partial charge in [0, 0.05) is 5.46 Å². The number of esters is 1. The Labute approximate surface area is 147 Å². The summed E-state index contributed by atoms with van der Waals surface area (Å²) in [5.74, 6) is -0.854. The van der Waals surface area contributed by atoms with Crippen LogP contribution in [-0.4, -0.2) is 48.3 Å². The molecule has 1 atom stereocenters. The molecule has 1 fully saturated rings. The Kier molecular flexibility index (Phi) is 5.10. The van der Waals surface area contributed by atoms with Crippen molar-refractivity contribution >= 4 is 30.3 Å². The number of rotatable bonds is 5. The van der Waals surface area contributed by atoms with Crippen LogP contribution in [-0.2, 0) is 18.8 Å². The van der Waals surface area contributed by atoms with Crippen LogP contribution in [0, 0.1) is 0 Å². The van der Waals surface area contributed by atoms with Crippen LogP contribution < -0.4 is 16.5 Å². The average Bonchev–Trinajstić information content (AvgIpc) is 2.74. The number of carbonyl (C=O) groups is 2. The molecular formula is C16H24BN3O5. The van der Waals surface area contributed by atoms with E-state index in [1.807, 2.05) is 27.7 Å². The van der Waals surface area contributed by atoms with E-state index in [9.17, 15) is 9.59 Å². The summed E-state index contributed by atoms with van der Waals surface area (Å²) in [4.78, 5) is 27.4. The summed E-state index contributed by atoms with van der Waals surface area (Å²) in [5, 5.41) is 2.91. The number of anilines is 1. The SMILES string of the molecule is COC(=O)c1ccc(B2OC(C)(C)C(C)(C)O2)c(NC(C)C(N)=O)n1. The topological polar surface area (TPSA) is 113 Å². The summed E-state index contributed by atoms with van der Waals surface area (Å²) in [6.07, 6.45) is 0. The van der Waals surface area contributed by atoms with Crippen molar-refractivity contribution < 1.29 is 23.6 Å². The van der Waals surface area contributed by atoms with Crippen molar-refractivity contribution in [3.05, 3.63) is 17.8 Å². The minimum absolute atomic E-state index is 0.0990. The molecule has 0 radical (unpaired) electrons. The number of pyridine rings is 1. The fourth-order valence-electron chi connectivity index (χ4n) is 2.24. The van der Waals surface area contributed by atoms with E-state index in [0.717, 1.165) is 0 Å². The molecule has 2 heterocycles. The number of primary amides is 1. The van der Waals surface area contributed by atoms with Gasteiger partial charge in [0.2, 0.25) is 5.91 Å². The molecule has 1 aromatic heterocycles. The molecule has 0 bridgehead atoms. The Bertz CT molecular complexity index is 676. The summed E-state index contributed by atoms with van der Waals surface area (Å²) in [5.41, 5.74) is 4.91. The normalized spacial score (nSPS) is 19.4. The third-order valence-corrected chi connectivity index (χ3v) is 4.61. The first kappa shape index (κ1) is 19.2. The number of methoxy groups -OCH3 is 1. The summed E-state index contributed by atoms with van der Waals surface area (Å²) in [6.45, 7) is 9.33. The molecule has 25 heavy (non-hydrogen) atoms. The van der Waals surface area contributed by atoms with E-state index in [2.05, 4.69) is 10.3 Å². The highest BCUT2D eigenvalue weighted by Crippen LogP contribution is 2.36. The standard InChI is InChI=1S/C16H24BN3O5/c1-9(12(18)21)19-13-10(7-8-11(20-13)14(22)23-6)17-24-15(2,3)16(4,5)25-17/h7-9H,1-6H3,(H2,18,21)(H,19,20). The van der Waals surface area contributed by atoms with Gasteiger partial charge in [-0.05, 0) is 40.7 Å². The molecule has 136 valence electrons. The Balaban J connectivity index is 2.43. The molecule has 0 spiro atoms. The van der Waals surface area contributed by atoms with Crippen LogP contribution in [0.3, 0.4) is 0 Å². The van der Waals surface area contributed by atoms with Gasteiger partial charge in [-0.25, -0.2) is 9.78 Å². The van der Waals surface area contributed by atoms with Crippen molar-refractivity contribution in [2.75, 3.05) is 12.4 Å². The van der Waals surface area contributed by atoms with Crippen molar-refractivity contribution in [2.45, 2.75) is 51.9 Å². The van der Waals surface area contributed by atoms with Crippen LogP contribution in [0.15, 0.2) is 12.1 Å². The molecule has 1 amide bonds. The van der Waals surface area contributed by atoms with Gasteiger partial charge in [-0.3, -0.25) is 4.79 Å². The number of hydrogen-bond donors (Lipinski definition) is 2. The highest BCUT2D eigenvalue weighted by atomic mass is 16.7. The minimum atomic E-state index is -0.702. The molecule has 1 unspecified atom stereocenters. The lowest BCUT2D eigenvalue weighted by atomic mass is 9.79. The zero-order valence-electron chi connectivity index (χ0n) is 15.4. The average molecular weight is 349 g/mol. The maximum Gasteiger partial charge on any atom is 0.498 e. The van der Waals surface area contributed by atoms with E-state index in [-0.39, 0.29) is 11.5 Å². The number of carbonyl (C=O) groups excluding carboxylic acids is 2. The van der Waals surface area contributed by atoms with Gasteiger partial charge in [-0.2, -0.15) is 0 Å². The monoisotopic (exact) mass is 349 g/mol. The molecule has 3 N–H and O–H groups in total. The number of nitrogens with zero attached hydrogens (tertiary/aromatic N) is 1. The zero-order valence-corrected chi connectivity index (χ0v) is 15.4. The van der Waals surface area contributed by atoms with Crippen LogP contribution in [0.25, 0.3) is 0 Å². The summed E-state index contributed by atoms with van der Waals surface area (Å²) < 4.78 is 16.7. The fourth-order valence-corrected chi connectivity index (χ4v) is 2.24. The lowest BCUT2D eigenvalue weighted by molar-refractivity contribution is -0.118. The number of ether oxygens (including phenoxy) is 1. The molecule has 1 saturated heterocycles. The van der Waals surface area contributed by atoms with E-state index in [1.165, 1.54) is 13.2 Å². The summed E-state index contributed by atoms with van der Waals surface area (Å²) in [6, 6.07) is 2.49. The molecular weight excluding hydrogens is 325 g/mol. The lowest BCUT2D eigenvalue weighted by Crippen LogP contribution is -2.41. The fraction of sp³-hybridized carbons (Fsp3) is 0.562. The van der Waals surface area contributed by atoms with Crippen molar-refractivity contribution in [1.82, 2.24) is 4.98 Å². The van der Waals surface area contributed by atoms with Gasteiger partial charge >= 0.3 is 13.1 Å². The highest BCUT2D eigenvalue weighted by molar-refractivity contribution is 6.63. The van der Waals surface area contributed by atoms with Gasteiger partial charge in [0.1, 0.15) is 11.9 Å². The highest BCUT2D eigenvalue weighted by Gasteiger charge is 2.52. The number of aromatic nitrogens is 1. The molecule has 1 aliphatic heterocycles. The van der Waals surface area contributed by atoms with E-state index in [4.69, 9.17) is 19.8 Å². The van der Waals surface area contributed by atoms with Crippen molar-refractivity contribution in [3.8, 4) is 0 Å². The van der Waals surface area contributed by atoms with Gasteiger partial charge in [0.25, 0.3) is 0 Å². The Morgan fingerprint density at radius 1 is 1.24 bits per heavy atom. The third-order valence-electron chi connectivity index (χ3n) is 4.61. The predicted octanol–water partition coefficient (Wildman–Crippen LogP) is 0.453. The van der Waals surface area contributed by atoms with Crippen LogP contribution in [0.1, 0.15) is 45.1 Å². The Morgan fingerprint density at radius 3 is 2.28 bits per heavy atom. The van der Waals surface area contributed by atoms with Gasteiger partial charge in [0.05, 0.1) is 18.3 Å². The van der Waals surface area contributed by atoms with Crippen LogP contribution in [0.4, 0.5) is 5.82 Å². The molecule has 8 nitrogen and oxygen atoms in total. The van der Waals surface area contributed by atoms with Gasteiger partial charge < -0.3 is 25.1 Å². The van der Waals surface area contributed by atoms with Gasteiger partial charge in [0.15, 0.2) is 5.69 Å². The van der Waals surface area contributed by atoms with E-state index in [0.29, 0.717) is 5.46 Å². The second-order valence-corrected chi connectivity index (χ2v) is 6.98. The molecule has 0 aliphatic carbocycles. The maximum absolute atomic E-state index is 11.8. The quantitative estimate of drug-likeness (QED) is 0.586. The molecule has 0 saturated carbocycles. The van der Waals surface area contributed by atoms with Crippen LogP contribution in [0.2, 0.25) is 0 Å². The molecule has 2 rings (SSSR count). The number of nitrogens with two attached hydrogens (primary N) is 1.